The van der Waals surface area contributed by atoms with E-state index in [0.717, 1.165) is 19.3 Å². The van der Waals surface area contributed by atoms with E-state index in [-0.39, 0.29) is 23.7 Å². The Kier molecular flexibility index (Phi) is 7.03. The average molecular weight is 336 g/mol. The van der Waals surface area contributed by atoms with Crippen molar-refractivity contribution in [3.8, 4) is 5.75 Å². The van der Waals surface area contributed by atoms with Gasteiger partial charge in [-0.15, -0.1) is 0 Å². The summed E-state index contributed by atoms with van der Waals surface area (Å²) >= 11 is 0. The molecule has 1 N–H and O–H groups in total. The fourth-order valence-corrected chi connectivity index (χ4v) is 2.82. The van der Waals surface area contributed by atoms with E-state index >= 15 is 0 Å². The zero-order valence-corrected chi connectivity index (χ0v) is 14.1. The first-order chi connectivity index (χ1) is 11.6. The quantitative estimate of drug-likeness (QED) is 0.742. The Labute approximate surface area is 142 Å². The topological polar surface area (TPSA) is 58.6 Å². The van der Waals surface area contributed by atoms with Crippen LogP contribution in [0.4, 0.5) is 4.39 Å². The summed E-state index contributed by atoms with van der Waals surface area (Å²) in [5.74, 6) is 0.289. The third-order valence-electron chi connectivity index (χ3n) is 4.04. The smallest absolute Gasteiger partial charge is 0.242 e. The van der Waals surface area contributed by atoms with Crippen molar-refractivity contribution in [1.29, 1.82) is 0 Å². The lowest BCUT2D eigenvalue weighted by Crippen LogP contribution is -2.46. The number of ether oxygens (including phenoxy) is 1. The number of carbonyl (C=O) groups is 2. The van der Waals surface area contributed by atoms with E-state index in [1.807, 2.05) is 6.92 Å². The monoisotopic (exact) mass is 336 g/mol. The third kappa shape index (κ3) is 5.22. The van der Waals surface area contributed by atoms with Crippen LogP contribution in [0.25, 0.3) is 0 Å². The minimum Gasteiger partial charge on any atom is -0.494 e. The van der Waals surface area contributed by atoms with E-state index in [4.69, 9.17) is 4.74 Å². The number of nitrogens with one attached hydrogen (secondary N) is 1. The average Bonchev–Trinajstić information content (AvgIpc) is 3.06. The molecule has 0 unspecified atom stereocenters. The molecule has 0 saturated carbocycles. The van der Waals surface area contributed by atoms with Gasteiger partial charge in [0, 0.05) is 19.5 Å². The van der Waals surface area contributed by atoms with Crippen molar-refractivity contribution in [1.82, 2.24) is 10.2 Å². The zero-order chi connectivity index (χ0) is 17.4. The van der Waals surface area contributed by atoms with Crippen molar-refractivity contribution in [3.63, 3.8) is 0 Å². The fourth-order valence-electron chi connectivity index (χ4n) is 2.82. The first-order valence-corrected chi connectivity index (χ1v) is 8.57. The second-order valence-corrected chi connectivity index (χ2v) is 5.94. The van der Waals surface area contributed by atoms with Crippen LogP contribution in [0.3, 0.4) is 0 Å². The highest BCUT2D eigenvalue weighted by Gasteiger charge is 2.33. The molecule has 0 radical (unpaired) electrons. The summed E-state index contributed by atoms with van der Waals surface area (Å²) in [5, 5.41) is 2.87. The van der Waals surface area contributed by atoms with Crippen LogP contribution in [0.5, 0.6) is 5.75 Å². The van der Waals surface area contributed by atoms with Crippen LogP contribution in [0.2, 0.25) is 0 Å². The Balaban J connectivity index is 1.67. The summed E-state index contributed by atoms with van der Waals surface area (Å²) in [5.41, 5.74) is 0. The Bertz CT molecular complexity index is 548. The molecule has 1 aromatic carbocycles. The van der Waals surface area contributed by atoms with Crippen molar-refractivity contribution < 1.29 is 18.7 Å². The zero-order valence-electron chi connectivity index (χ0n) is 14.1. The molecule has 1 aliphatic heterocycles. The molecule has 1 aromatic rings. The largest absolute Gasteiger partial charge is 0.494 e. The molecular formula is C18H25FN2O3. The van der Waals surface area contributed by atoms with Gasteiger partial charge in [-0.25, -0.2) is 4.39 Å². The van der Waals surface area contributed by atoms with E-state index < -0.39 is 0 Å². The van der Waals surface area contributed by atoms with Gasteiger partial charge in [-0.2, -0.15) is 0 Å². The molecule has 1 atom stereocenters. The van der Waals surface area contributed by atoms with Crippen LogP contribution in [0.1, 0.15) is 39.0 Å². The van der Waals surface area contributed by atoms with Crippen LogP contribution >= 0.6 is 0 Å². The maximum Gasteiger partial charge on any atom is 0.242 e. The maximum atomic E-state index is 12.8. The van der Waals surface area contributed by atoms with Gasteiger partial charge in [0.05, 0.1) is 6.61 Å². The standard InChI is InChI=1S/C18H25FN2O3/c1-2-5-17(22)21-12-3-6-16(21)18(23)20-11-4-13-24-15-9-7-14(19)8-10-15/h7-10,16H,2-6,11-13H2,1H3,(H,20,23)/t16-/m1/s1. The number of benzene rings is 1. The molecule has 5 nitrogen and oxygen atoms in total. The summed E-state index contributed by atoms with van der Waals surface area (Å²) in [6.07, 6.45) is 3.55. The molecule has 6 heteroatoms. The van der Waals surface area contributed by atoms with Crippen LogP contribution in [0, 0.1) is 5.82 Å². The second-order valence-electron chi connectivity index (χ2n) is 5.94. The molecule has 0 aromatic heterocycles. The minimum absolute atomic E-state index is 0.0646. The van der Waals surface area contributed by atoms with E-state index in [2.05, 4.69) is 5.32 Å². The van der Waals surface area contributed by atoms with Gasteiger partial charge < -0.3 is 15.0 Å². The van der Waals surface area contributed by atoms with Crippen molar-refractivity contribution in [2.24, 2.45) is 0 Å². The van der Waals surface area contributed by atoms with Crippen molar-refractivity contribution in [2.75, 3.05) is 19.7 Å². The number of halogens is 1. The fraction of sp³-hybridized carbons (Fsp3) is 0.556. The second kappa shape index (κ2) is 9.25. The van der Waals surface area contributed by atoms with Crippen molar-refractivity contribution in [2.45, 2.75) is 45.1 Å². The minimum atomic E-state index is -0.331. The molecule has 1 aliphatic rings. The number of hydrogen-bond donors (Lipinski definition) is 1. The van der Waals surface area contributed by atoms with E-state index in [9.17, 15) is 14.0 Å². The van der Waals surface area contributed by atoms with Crippen molar-refractivity contribution >= 4 is 11.8 Å². The molecule has 2 amide bonds. The molecule has 1 saturated heterocycles. The number of hydrogen-bond acceptors (Lipinski definition) is 3. The van der Waals surface area contributed by atoms with Crippen LogP contribution < -0.4 is 10.1 Å². The predicted molar refractivity (Wildman–Crippen MR) is 89.2 cm³/mol. The molecule has 0 spiro atoms. The van der Waals surface area contributed by atoms with Gasteiger partial charge >= 0.3 is 0 Å². The number of likely N-dealkylation sites (tertiary alicyclic amines) is 1. The van der Waals surface area contributed by atoms with E-state index in [0.29, 0.717) is 38.3 Å². The maximum absolute atomic E-state index is 12.8. The molecular weight excluding hydrogens is 311 g/mol. The van der Waals surface area contributed by atoms with Gasteiger partial charge in [0.2, 0.25) is 11.8 Å². The normalized spacial score (nSPS) is 16.9. The number of amides is 2. The first kappa shape index (κ1) is 18.2. The Morgan fingerprint density at radius 2 is 2.08 bits per heavy atom. The van der Waals surface area contributed by atoms with Gasteiger partial charge in [-0.3, -0.25) is 9.59 Å². The summed E-state index contributed by atoms with van der Waals surface area (Å²) in [7, 11) is 0. The summed E-state index contributed by atoms with van der Waals surface area (Å²) < 4.78 is 18.2. The first-order valence-electron chi connectivity index (χ1n) is 8.57. The molecule has 2 rings (SSSR count). The van der Waals surface area contributed by atoms with Gasteiger partial charge in [-0.1, -0.05) is 6.92 Å². The number of rotatable bonds is 8. The number of carbonyl (C=O) groups excluding carboxylic acids is 2. The van der Waals surface area contributed by atoms with Crippen LogP contribution in [-0.2, 0) is 9.59 Å². The summed E-state index contributed by atoms with van der Waals surface area (Å²) in [6.45, 7) is 3.57. The highest BCUT2D eigenvalue weighted by Crippen LogP contribution is 2.19. The SMILES string of the molecule is CCCC(=O)N1CCC[C@@H]1C(=O)NCCCOc1ccc(F)cc1. The van der Waals surface area contributed by atoms with Crippen LogP contribution in [0.15, 0.2) is 24.3 Å². The molecule has 1 fully saturated rings. The van der Waals surface area contributed by atoms with Gasteiger partial charge in [-0.05, 0) is 49.9 Å². The lowest BCUT2D eigenvalue weighted by Gasteiger charge is -2.23. The van der Waals surface area contributed by atoms with Gasteiger partial charge in [0.1, 0.15) is 17.6 Å². The van der Waals surface area contributed by atoms with Gasteiger partial charge in [0.15, 0.2) is 0 Å². The van der Waals surface area contributed by atoms with E-state index in [1.165, 1.54) is 12.1 Å². The molecule has 0 aliphatic carbocycles. The van der Waals surface area contributed by atoms with Crippen LogP contribution in [-0.4, -0.2) is 42.5 Å². The Hall–Kier alpha value is -2.11. The number of nitrogens with zero attached hydrogens (tertiary/aromatic N) is 1. The molecule has 1 heterocycles. The highest BCUT2D eigenvalue weighted by atomic mass is 19.1. The Morgan fingerprint density at radius 3 is 2.79 bits per heavy atom. The van der Waals surface area contributed by atoms with Gasteiger partial charge in [0.25, 0.3) is 0 Å². The lowest BCUT2D eigenvalue weighted by molar-refractivity contribution is -0.138. The van der Waals surface area contributed by atoms with E-state index in [1.54, 1.807) is 17.0 Å². The summed E-state index contributed by atoms with van der Waals surface area (Å²) in [6, 6.07) is 5.51. The molecule has 0 bridgehead atoms. The molecule has 132 valence electrons. The third-order valence-corrected chi connectivity index (χ3v) is 4.04. The summed E-state index contributed by atoms with van der Waals surface area (Å²) in [4.78, 5) is 26.0. The molecule has 24 heavy (non-hydrogen) atoms. The highest BCUT2D eigenvalue weighted by molar-refractivity contribution is 5.88. The Morgan fingerprint density at radius 1 is 1.33 bits per heavy atom. The predicted octanol–water partition coefficient (Wildman–Crippen LogP) is 2.50. The lowest BCUT2D eigenvalue weighted by atomic mass is 10.2. The van der Waals surface area contributed by atoms with Crippen molar-refractivity contribution in [3.05, 3.63) is 30.1 Å².